The maximum absolute atomic E-state index is 12.1. The van der Waals surface area contributed by atoms with Crippen molar-refractivity contribution in [1.82, 2.24) is 9.88 Å². The van der Waals surface area contributed by atoms with E-state index in [-0.39, 0.29) is 24.6 Å². The van der Waals surface area contributed by atoms with Crippen molar-refractivity contribution in [3.63, 3.8) is 0 Å². The first-order valence-corrected chi connectivity index (χ1v) is 6.38. The average Bonchev–Trinajstić information content (AvgIpc) is 2.90. The minimum atomic E-state index is 0.157. The molecule has 1 aromatic heterocycles. The van der Waals surface area contributed by atoms with Crippen LogP contribution in [0.3, 0.4) is 0 Å². The lowest BCUT2D eigenvalue weighted by molar-refractivity contribution is -0.117. The molecule has 1 N–H and O–H groups in total. The zero-order valence-corrected chi connectivity index (χ0v) is 10.2. The molecule has 0 aromatic carbocycles. The van der Waals surface area contributed by atoms with Gasteiger partial charge in [0, 0.05) is 31.7 Å². The molecule has 0 bridgehead atoms. The summed E-state index contributed by atoms with van der Waals surface area (Å²) in [7, 11) is 0. The lowest BCUT2D eigenvalue weighted by atomic mass is 10.1. The molecule has 2 aliphatic rings. The fraction of sp³-hybridized carbons (Fsp3) is 0.538. The highest BCUT2D eigenvalue weighted by molar-refractivity contribution is 5.97. The van der Waals surface area contributed by atoms with Crippen LogP contribution in [0.2, 0.25) is 0 Å². The first kappa shape index (κ1) is 11.6. The number of rotatable bonds is 3. The van der Waals surface area contributed by atoms with Gasteiger partial charge < -0.3 is 10.0 Å². The number of pyridine rings is 1. The second kappa shape index (κ2) is 4.66. The topological polar surface area (TPSA) is 56.7 Å². The number of anilines is 1. The Balaban J connectivity index is 1.84. The normalized spacial score (nSPS) is 27.8. The second-order valence-corrected chi connectivity index (χ2v) is 4.86. The Morgan fingerprint density at radius 3 is 3.06 bits per heavy atom. The third-order valence-corrected chi connectivity index (χ3v) is 3.92. The van der Waals surface area contributed by atoms with E-state index in [4.69, 9.17) is 5.11 Å². The van der Waals surface area contributed by atoms with Crippen LogP contribution in [-0.2, 0) is 4.79 Å². The number of hydrogen-bond donors (Lipinski definition) is 1. The van der Waals surface area contributed by atoms with Crippen LogP contribution < -0.4 is 4.90 Å². The van der Waals surface area contributed by atoms with Crippen molar-refractivity contribution in [2.75, 3.05) is 24.6 Å². The number of nitrogens with zero attached hydrogens (tertiary/aromatic N) is 3. The van der Waals surface area contributed by atoms with E-state index in [2.05, 4.69) is 9.88 Å². The lowest BCUT2D eigenvalue weighted by Gasteiger charge is -2.24. The average molecular weight is 247 g/mol. The van der Waals surface area contributed by atoms with Crippen molar-refractivity contribution in [2.24, 2.45) is 0 Å². The van der Waals surface area contributed by atoms with E-state index >= 15 is 0 Å². The predicted molar refractivity (Wildman–Crippen MR) is 67.2 cm³/mol. The van der Waals surface area contributed by atoms with Gasteiger partial charge in [0.2, 0.25) is 5.91 Å². The van der Waals surface area contributed by atoms with Crippen molar-refractivity contribution in [3.05, 3.63) is 24.5 Å². The molecular formula is C13H17N3O2. The molecule has 0 spiro atoms. The highest BCUT2D eigenvalue weighted by Crippen LogP contribution is 2.35. The van der Waals surface area contributed by atoms with Gasteiger partial charge in [0.05, 0.1) is 24.5 Å². The smallest absolute Gasteiger partial charge is 0.229 e. The van der Waals surface area contributed by atoms with Crippen molar-refractivity contribution in [3.8, 4) is 0 Å². The Morgan fingerprint density at radius 1 is 1.44 bits per heavy atom. The molecule has 1 aromatic rings. The monoisotopic (exact) mass is 247 g/mol. The first-order valence-electron chi connectivity index (χ1n) is 6.38. The number of carbonyl (C=O) groups excluding carboxylic acids is 1. The zero-order chi connectivity index (χ0) is 12.5. The van der Waals surface area contributed by atoms with E-state index < -0.39 is 0 Å². The Bertz CT molecular complexity index is 437. The number of aliphatic hydroxyl groups excluding tert-OH is 1. The summed E-state index contributed by atoms with van der Waals surface area (Å²) in [5, 5.41) is 9.05. The number of amides is 1. The molecule has 3 heterocycles. The molecular weight excluding hydrogens is 230 g/mol. The maximum Gasteiger partial charge on any atom is 0.229 e. The van der Waals surface area contributed by atoms with Gasteiger partial charge in [0.1, 0.15) is 0 Å². The summed E-state index contributed by atoms with van der Waals surface area (Å²) in [6, 6.07) is 4.29. The molecule has 2 saturated heterocycles. The standard InChI is InChI=1S/C13H17N3O2/c17-7-6-15-5-3-11-12(15)8-13(18)16(11)10-2-1-4-14-9-10/h1-2,4,9,11-12,17H,3,5-8H2/t11-,12-/m1/s1. The summed E-state index contributed by atoms with van der Waals surface area (Å²) in [5.74, 6) is 0.167. The number of hydrogen-bond acceptors (Lipinski definition) is 4. The van der Waals surface area contributed by atoms with Crippen LogP contribution in [0.15, 0.2) is 24.5 Å². The van der Waals surface area contributed by atoms with E-state index in [9.17, 15) is 4.79 Å². The zero-order valence-electron chi connectivity index (χ0n) is 10.2. The van der Waals surface area contributed by atoms with E-state index in [0.29, 0.717) is 13.0 Å². The molecule has 5 heteroatoms. The van der Waals surface area contributed by atoms with Crippen LogP contribution in [-0.4, -0.2) is 52.7 Å². The lowest BCUT2D eigenvalue weighted by Crippen LogP contribution is -2.38. The summed E-state index contributed by atoms with van der Waals surface area (Å²) < 4.78 is 0. The molecule has 2 atom stereocenters. The Hall–Kier alpha value is -1.46. The maximum atomic E-state index is 12.1. The van der Waals surface area contributed by atoms with Gasteiger partial charge in [-0.1, -0.05) is 0 Å². The molecule has 0 unspecified atom stereocenters. The largest absolute Gasteiger partial charge is 0.395 e. The van der Waals surface area contributed by atoms with Crippen molar-refractivity contribution in [2.45, 2.75) is 24.9 Å². The summed E-state index contributed by atoms with van der Waals surface area (Å²) in [6.45, 7) is 1.78. The molecule has 0 aliphatic carbocycles. The number of carbonyl (C=O) groups is 1. The molecule has 0 radical (unpaired) electrons. The quantitative estimate of drug-likeness (QED) is 0.832. The molecule has 18 heavy (non-hydrogen) atoms. The second-order valence-electron chi connectivity index (χ2n) is 4.86. The summed E-state index contributed by atoms with van der Waals surface area (Å²) in [4.78, 5) is 20.3. The summed E-state index contributed by atoms with van der Waals surface area (Å²) >= 11 is 0. The highest BCUT2D eigenvalue weighted by atomic mass is 16.3. The predicted octanol–water partition coefficient (Wildman–Crippen LogP) is 0.253. The van der Waals surface area contributed by atoms with Gasteiger partial charge in [-0.2, -0.15) is 0 Å². The SMILES string of the molecule is O=C1C[C@@H]2[C@@H](CCN2CCO)N1c1cccnc1. The van der Waals surface area contributed by atoms with Gasteiger partial charge in [-0.25, -0.2) is 0 Å². The Morgan fingerprint density at radius 2 is 2.33 bits per heavy atom. The molecule has 96 valence electrons. The third-order valence-electron chi connectivity index (χ3n) is 3.92. The van der Waals surface area contributed by atoms with Crippen LogP contribution in [0, 0.1) is 0 Å². The minimum Gasteiger partial charge on any atom is -0.395 e. The van der Waals surface area contributed by atoms with Crippen LogP contribution in [0.25, 0.3) is 0 Å². The number of β-amino-alcohol motifs (C(OH)–C–C–N with tert-alkyl or cyclic N) is 1. The fourth-order valence-electron chi connectivity index (χ4n) is 3.17. The summed E-state index contributed by atoms with van der Waals surface area (Å²) in [6.07, 6.45) is 4.99. The van der Waals surface area contributed by atoms with E-state index in [0.717, 1.165) is 18.7 Å². The van der Waals surface area contributed by atoms with Crippen molar-refractivity contribution >= 4 is 11.6 Å². The number of aromatic nitrogens is 1. The Kier molecular flexibility index (Phi) is 3.01. The van der Waals surface area contributed by atoms with E-state index in [1.54, 1.807) is 12.4 Å². The van der Waals surface area contributed by atoms with Crippen LogP contribution in [0.1, 0.15) is 12.8 Å². The molecule has 2 aliphatic heterocycles. The molecule has 1 amide bonds. The van der Waals surface area contributed by atoms with Gasteiger partial charge in [-0.3, -0.25) is 14.7 Å². The van der Waals surface area contributed by atoms with Gasteiger partial charge in [-0.05, 0) is 18.6 Å². The van der Waals surface area contributed by atoms with E-state index in [1.807, 2.05) is 17.0 Å². The van der Waals surface area contributed by atoms with Crippen molar-refractivity contribution in [1.29, 1.82) is 0 Å². The van der Waals surface area contributed by atoms with Crippen molar-refractivity contribution < 1.29 is 9.90 Å². The van der Waals surface area contributed by atoms with Gasteiger partial charge in [0.25, 0.3) is 0 Å². The number of aliphatic hydroxyl groups is 1. The highest BCUT2D eigenvalue weighted by Gasteiger charge is 2.46. The van der Waals surface area contributed by atoms with E-state index in [1.165, 1.54) is 0 Å². The minimum absolute atomic E-state index is 0.157. The molecule has 2 fully saturated rings. The molecule has 0 saturated carbocycles. The van der Waals surface area contributed by atoms with Crippen LogP contribution in [0.5, 0.6) is 0 Å². The van der Waals surface area contributed by atoms with Gasteiger partial charge in [0.15, 0.2) is 0 Å². The van der Waals surface area contributed by atoms with Gasteiger partial charge >= 0.3 is 0 Å². The summed E-state index contributed by atoms with van der Waals surface area (Å²) in [5.41, 5.74) is 0.890. The molecule has 3 rings (SSSR count). The van der Waals surface area contributed by atoms with Gasteiger partial charge in [-0.15, -0.1) is 0 Å². The molecule has 5 nitrogen and oxygen atoms in total. The fourth-order valence-corrected chi connectivity index (χ4v) is 3.17. The number of fused-ring (bicyclic) bond motifs is 1. The third kappa shape index (κ3) is 1.79. The van der Waals surface area contributed by atoms with Crippen LogP contribution in [0.4, 0.5) is 5.69 Å². The first-order chi connectivity index (χ1) is 8.81. The number of likely N-dealkylation sites (tertiary alicyclic amines) is 1. The van der Waals surface area contributed by atoms with Crippen LogP contribution >= 0.6 is 0 Å². The Labute approximate surface area is 106 Å².